The van der Waals surface area contributed by atoms with Crippen molar-refractivity contribution in [2.24, 2.45) is 0 Å². The van der Waals surface area contributed by atoms with E-state index < -0.39 is 17.9 Å². The van der Waals surface area contributed by atoms with Crippen molar-refractivity contribution in [2.75, 3.05) is 0 Å². The van der Waals surface area contributed by atoms with Gasteiger partial charge in [-0.25, -0.2) is 4.98 Å². The lowest BCUT2D eigenvalue weighted by Crippen LogP contribution is -2.39. The van der Waals surface area contributed by atoms with Gasteiger partial charge in [0.25, 0.3) is 5.56 Å². The van der Waals surface area contributed by atoms with Crippen LogP contribution >= 0.6 is 15.9 Å². The van der Waals surface area contributed by atoms with Gasteiger partial charge in [-0.15, -0.1) is 0 Å². The Morgan fingerprint density at radius 2 is 2.18 bits per heavy atom. The molecule has 2 aromatic rings. The molecule has 116 valence electrons. The van der Waals surface area contributed by atoms with E-state index >= 15 is 0 Å². The van der Waals surface area contributed by atoms with Gasteiger partial charge in [0.2, 0.25) is 5.91 Å². The van der Waals surface area contributed by atoms with Crippen LogP contribution in [-0.4, -0.2) is 32.6 Å². The van der Waals surface area contributed by atoms with E-state index in [-0.39, 0.29) is 18.5 Å². The average Bonchev–Trinajstić information content (AvgIpc) is 2.47. The number of aryl methyl sites for hydroxylation is 1. The maximum absolute atomic E-state index is 12.3. The van der Waals surface area contributed by atoms with Gasteiger partial charge in [0.05, 0.1) is 17.2 Å². The summed E-state index contributed by atoms with van der Waals surface area (Å²) in [6, 6.07) is 4.23. The van der Waals surface area contributed by atoms with Crippen LogP contribution in [0.25, 0.3) is 10.9 Å². The third kappa shape index (κ3) is 3.70. The van der Waals surface area contributed by atoms with Gasteiger partial charge in [0.1, 0.15) is 6.04 Å². The molecule has 1 aromatic carbocycles. The first kappa shape index (κ1) is 16.2. The molecule has 1 amide bonds. The number of fused-ring (bicyclic) bond motifs is 1. The number of aromatic nitrogens is 2. The fraction of sp³-hybridized carbons (Fsp3) is 0.286. The van der Waals surface area contributed by atoms with Crippen molar-refractivity contribution in [2.45, 2.75) is 25.9 Å². The number of aliphatic carboxylic acids is 1. The molecule has 1 aromatic heterocycles. The van der Waals surface area contributed by atoms with Crippen molar-refractivity contribution < 1.29 is 14.7 Å². The topological polar surface area (TPSA) is 101 Å². The first-order valence-electron chi connectivity index (χ1n) is 6.55. The van der Waals surface area contributed by atoms with Crippen LogP contribution < -0.4 is 10.9 Å². The third-order valence-corrected chi connectivity index (χ3v) is 3.61. The zero-order chi connectivity index (χ0) is 16.3. The first-order chi connectivity index (χ1) is 10.4. The quantitative estimate of drug-likeness (QED) is 0.824. The normalized spacial score (nSPS) is 12.1. The Morgan fingerprint density at radius 1 is 1.45 bits per heavy atom. The zero-order valence-electron chi connectivity index (χ0n) is 11.7. The van der Waals surface area contributed by atoms with Crippen molar-refractivity contribution in [1.29, 1.82) is 0 Å². The summed E-state index contributed by atoms with van der Waals surface area (Å²) in [6.07, 6.45) is 1.38. The SMILES string of the molecule is C[C@H](NC(=O)CCn1cnc2ccc(Br)cc2c1=O)C(=O)O. The second-order valence-electron chi connectivity index (χ2n) is 4.78. The lowest BCUT2D eigenvalue weighted by atomic mass is 10.2. The fourth-order valence-corrected chi connectivity index (χ4v) is 2.25. The number of hydrogen-bond acceptors (Lipinski definition) is 4. The fourth-order valence-electron chi connectivity index (χ4n) is 1.89. The number of carbonyl (C=O) groups is 2. The van der Waals surface area contributed by atoms with Gasteiger partial charge >= 0.3 is 5.97 Å². The molecule has 0 bridgehead atoms. The molecule has 0 saturated carbocycles. The maximum Gasteiger partial charge on any atom is 0.325 e. The summed E-state index contributed by atoms with van der Waals surface area (Å²) < 4.78 is 2.10. The lowest BCUT2D eigenvalue weighted by Gasteiger charge is -2.10. The number of carboxylic acids is 1. The number of nitrogens with one attached hydrogen (secondary N) is 1. The Kier molecular flexibility index (Phi) is 4.92. The molecule has 0 aliphatic carbocycles. The highest BCUT2D eigenvalue weighted by atomic mass is 79.9. The van der Waals surface area contributed by atoms with Crippen LogP contribution in [0.3, 0.4) is 0 Å². The van der Waals surface area contributed by atoms with Crippen LogP contribution in [-0.2, 0) is 16.1 Å². The van der Waals surface area contributed by atoms with Gasteiger partial charge in [-0.2, -0.15) is 0 Å². The molecular formula is C14H14BrN3O4. The van der Waals surface area contributed by atoms with Crippen LogP contribution in [0.15, 0.2) is 33.8 Å². The van der Waals surface area contributed by atoms with E-state index in [1.807, 2.05) is 0 Å². The van der Waals surface area contributed by atoms with Crippen molar-refractivity contribution >= 4 is 38.7 Å². The molecule has 22 heavy (non-hydrogen) atoms. The molecule has 0 spiro atoms. The maximum atomic E-state index is 12.3. The zero-order valence-corrected chi connectivity index (χ0v) is 13.3. The number of hydrogen-bond donors (Lipinski definition) is 2. The Balaban J connectivity index is 2.12. The molecule has 0 saturated heterocycles. The number of carboxylic acid groups (broad SMARTS) is 1. The molecule has 0 radical (unpaired) electrons. The Hall–Kier alpha value is -2.22. The summed E-state index contributed by atoms with van der Waals surface area (Å²) in [5.41, 5.74) is 0.332. The molecule has 0 unspecified atom stereocenters. The van der Waals surface area contributed by atoms with Crippen LogP contribution in [0.5, 0.6) is 0 Å². The van der Waals surface area contributed by atoms with E-state index in [4.69, 9.17) is 5.11 Å². The Bertz CT molecular complexity index is 787. The molecule has 8 heteroatoms. The average molecular weight is 368 g/mol. The van der Waals surface area contributed by atoms with Gasteiger partial charge in [-0.05, 0) is 25.1 Å². The van der Waals surface area contributed by atoms with Crippen LogP contribution in [0.2, 0.25) is 0 Å². The first-order valence-corrected chi connectivity index (χ1v) is 7.34. The highest BCUT2D eigenvalue weighted by Gasteiger charge is 2.14. The summed E-state index contributed by atoms with van der Waals surface area (Å²) in [4.78, 5) is 38.8. The standard InChI is InChI=1S/C14H14BrN3O4/c1-8(14(21)22)17-12(19)4-5-18-7-16-11-3-2-9(15)6-10(11)13(18)20/h2-3,6-8H,4-5H2,1H3,(H,17,19)(H,21,22)/t8-/m0/s1. The van der Waals surface area contributed by atoms with Crippen molar-refractivity contribution in [3.8, 4) is 0 Å². The number of benzene rings is 1. The highest BCUT2D eigenvalue weighted by Crippen LogP contribution is 2.14. The van der Waals surface area contributed by atoms with E-state index in [9.17, 15) is 14.4 Å². The smallest absolute Gasteiger partial charge is 0.325 e. The lowest BCUT2D eigenvalue weighted by molar-refractivity contribution is -0.141. The van der Waals surface area contributed by atoms with Gasteiger partial charge in [0, 0.05) is 17.4 Å². The van der Waals surface area contributed by atoms with Gasteiger partial charge in [0.15, 0.2) is 0 Å². The second-order valence-corrected chi connectivity index (χ2v) is 5.70. The predicted molar refractivity (Wildman–Crippen MR) is 83.6 cm³/mol. The van der Waals surface area contributed by atoms with E-state index in [1.54, 1.807) is 18.2 Å². The van der Waals surface area contributed by atoms with Gasteiger partial charge in [-0.1, -0.05) is 15.9 Å². The van der Waals surface area contributed by atoms with Crippen molar-refractivity contribution in [1.82, 2.24) is 14.9 Å². The molecule has 0 fully saturated rings. The monoisotopic (exact) mass is 367 g/mol. The van der Waals surface area contributed by atoms with E-state index in [2.05, 4.69) is 26.2 Å². The Labute approximate surface area is 134 Å². The number of rotatable bonds is 5. The molecular weight excluding hydrogens is 354 g/mol. The minimum atomic E-state index is -1.11. The molecule has 1 heterocycles. The number of amides is 1. The largest absolute Gasteiger partial charge is 0.480 e. The van der Waals surface area contributed by atoms with Crippen molar-refractivity contribution in [3.05, 3.63) is 39.4 Å². The molecule has 7 nitrogen and oxygen atoms in total. The van der Waals surface area contributed by atoms with Crippen molar-refractivity contribution in [3.63, 3.8) is 0 Å². The van der Waals surface area contributed by atoms with Crippen LogP contribution in [0.1, 0.15) is 13.3 Å². The number of halogens is 1. The Morgan fingerprint density at radius 3 is 2.86 bits per heavy atom. The summed E-state index contributed by atoms with van der Waals surface area (Å²) >= 11 is 3.30. The highest BCUT2D eigenvalue weighted by molar-refractivity contribution is 9.10. The van der Waals surface area contributed by atoms with Crippen LogP contribution in [0, 0.1) is 0 Å². The van der Waals surface area contributed by atoms with E-state index in [0.29, 0.717) is 10.9 Å². The minimum Gasteiger partial charge on any atom is -0.480 e. The molecule has 0 aliphatic rings. The third-order valence-electron chi connectivity index (χ3n) is 3.11. The summed E-state index contributed by atoms with van der Waals surface area (Å²) in [6.45, 7) is 1.51. The van der Waals surface area contributed by atoms with E-state index in [0.717, 1.165) is 4.47 Å². The van der Waals surface area contributed by atoms with Crippen LogP contribution in [0.4, 0.5) is 0 Å². The number of nitrogens with zero attached hydrogens (tertiary/aromatic N) is 2. The summed E-state index contributed by atoms with van der Waals surface area (Å²) in [7, 11) is 0. The van der Waals surface area contributed by atoms with Gasteiger partial charge in [-0.3, -0.25) is 19.0 Å². The summed E-state index contributed by atoms with van der Waals surface area (Å²) in [5, 5.41) is 11.5. The summed E-state index contributed by atoms with van der Waals surface area (Å²) in [5.74, 6) is -1.54. The minimum absolute atomic E-state index is 0.00127. The molecule has 1 atom stereocenters. The molecule has 0 aliphatic heterocycles. The second kappa shape index (κ2) is 6.69. The number of carbonyl (C=O) groups excluding carboxylic acids is 1. The van der Waals surface area contributed by atoms with Gasteiger partial charge < -0.3 is 10.4 Å². The molecule has 2 N–H and O–H groups in total. The molecule has 2 rings (SSSR count). The van der Waals surface area contributed by atoms with E-state index in [1.165, 1.54) is 17.8 Å². The predicted octanol–water partition coefficient (Wildman–Crippen LogP) is 1.14.